The zero-order valence-corrected chi connectivity index (χ0v) is 10.8. The molecule has 0 saturated carbocycles. The number of sulfone groups is 1. The highest BCUT2D eigenvalue weighted by molar-refractivity contribution is 7.91. The second-order valence-corrected chi connectivity index (χ2v) is 7.16. The fraction of sp³-hybridized carbons (Fsp3) is 0.538. The molecule has 2 unspecified atom stereocenters. The van der Waals surface area contributed by atoms with Crippen molar-refractivity contribution in [2.45, 2.75) is 25.9 Å². The Morgan fingerprint density at radius 3 is 2.82 bits per heavy atom. The third-order valence-corrected chi connectivity index (χ3v) is 5.15. The van der Waals surface area contributed by atoms with E-state index in [1.807, 2.05) is 31.2 Å². The molecule has 4 heteroatoms. The summed E-state index contributed by atoms with van der Waals surface area (Å²) in [5.41, 5.74) is 2.00. The van der Waals surface area contributed by atoms with Crippen molar-refractivity contribution in [2.75, 3.05) is 11.5 Å². The van der Waals surface area contributed by atoms with E-state index in [1.54, 1.807) is 0 Å². The zero-order chi connectivity index (χ0) is 12.5. The minimum Gasteiger partial charge on any atom is -0.388 e. The van der Waals surface area contributed by atoms with Gasteiger partial charge in [0.05, 0.1) is 17.6 Å². The summed E-state index contributed by atoms with van der Waals surface area (Å²) in [4.78, 5) is 0. The molecule has 0 spiro atoms. The molecule has 1 aliphatic heterocycles. The molecule has 1 fully saturated rings. The number of hydrogen-bond acceptors (Lipinski definition) is 3. The molecule has 0 amide bonds. The van der Waals surface area contributed by atoms with Gasteiger partial charge in [-0.1, -0.05) is 29.8 Å². The van der Waals surface area contributed by atoms with Crippen LogP contribution in [0.25, 0.3) is 0 Å². The van der Waals surface area contributed by atoms with Crippen molar-refractivity contribution in [3.05, 3.63) is 35.4 Å². The minimum absolute atomic E-state index is 0.107. The Hall–Kier alpha value is -0.870. The molecule has 1 heterocycles. The number of rotatable bonds is 3. The number of aliphatic hydroxyl groups is 1. The van der Waals surface area contributed by atoms with Crippen LogP contribution in [-0.4, -0.2) is 25.0 Å². The highest BCUT2D eigenvalue weighted by Crippen LogP contribution is 2.29. The van der Waals surface area contributed by atoms with E-state index in [9.17, 15) is 13.5 Å². The van der Waals surface area contributed by atoms with E-state index >= 15 is 0 Å². The maximum Gasteiger partial charge on any atom is 0.150 e. The van der Waals surface area contributed by atoms with E-state index in [-0.39, 0.29) is 17.4 Å². The maximum absolute atomic E-state index is 11.3. The predicted molar refractivity (Wildman–Crippen MR) is 67.5 cm³/mol. The van der Waals surface area contributed by atoms with Gasteiger partial charge in [0, 0.05) is 0 Å². The molecule has 17 heavy (non-hydrogen) atoms. The van der Waals surface area contributed by atoms with Crippen LogP contribution in [0.2, 0.25) is 0 Å². The summed E-state index contributed by atoms with van der Waals surface area (Å²) in [6, 6.07) is 7.74. The van der Waals surface area contributed by atoms with Crippen LogP contribution in [0, 0.1) is 12.8 Å². The third-order valence-electron chi connectivity index (χ3n) is 3.31. The normalized spacial score (nSPS) is 24.7. The number of aliphatic hydroxyl groups excluding tert-OH is 1. The average molecular weight is 254 g/mol. The fourth-order valence-corrected chi connectivity index (χ4v) is 4.27. The first-order valence-electron chi connectivity index (χ1n) is 5.91. The molecule has 0 aromatic heterocycles. The number of benzene rings is 1. The van der Waals surface area contributed by atoms with Gasteiger partial charge in [-0.3, -0.25) is 0 Å². The van der Waals surface area contributed by atoms with Crippen LogP contribution in [-0.2, 0) is 9.84 Å². The molecule has 1 saturated heterocycles. The van der Waals surface area contributed by atoms with Crippen molar-refractivity contribution < 1.29 is 13.5 Å². The lowest BCUT2D eigenvalue weighted by Crippen LogP contribution is -2.09. The lowest BCUT2D eigenvalue weighted by Gasteiger charge is -2.15. The van der Waals surface area contributed by atoms with Gasteiger partial charge in [0.1, 0.15) is 0 Å². The summed E-state index contributed by atoms with van der Waals surface area (Å²) in [7, 11) is -2.84. The zero-order valence-electron chi connectivity index (χ0n) is 9.96. The second kappa shape index (κ2) is 4.78. The van der Waals surface area contributed by atoms with E-state index in [0.29, 0.717) is 12.8 Å². The molecule has 2 rings (SSSR count). The molecule has 3 nitrogen and oxygen atoms in total. The molecule has 1 aromatic carbocycles. The Balaban J connectivity index is 2.00. The Morgan fingerprint density at radius 2 is 2.24 bits per heavy atom. The first kappa shape index (κ1) is 12.6. The summed E-state index contributed by atoms with van der Waals surface area (Å²) in [6.45, 7) is 1.98. The number of hydrogen-bond donors (Lipinski definition) is 1. The smallest absolute Gasteiger partial charge is 0.150 e. The topological polar surface area (TPSA) is 54.4 Å². The van der Waals surface area contributed by atoms with Crippen LogP contribution in [0.4, 0.5) is 0 Å². The summed E-state index contributed by atoms with van der Waals surface area (Å²) in [5, 5.41) is 10.1. The summed E-state index contributed by atoms with van der Waals surface area (Å²) >= 11 is 0. The van der Waals surface area contributed by atoms with Crippen molar-refractivity contribution in [2.24, 2.45) is 5.92 Å². The minimum atomic E-state index is -2.84. The van der Waals surface area contributed by atoms with Crippen molar-refractivity contribution in [1.29, 1.82) is 0 Å². The maximum atomic E-state index is 11.3. The molecule has 94 valence electrons. The van der Waals surface area contributed by atoms with Gasteiger partial charge >= 0.3 is 0 Å². The van der Waals surface area contributed by atoms with Crippen LogP contribution < -0.4 is 0 Å². The van der Waals surface area contributed by atoms with E-state index in [2.05, 4.69) is 0 Å². The quantitative estimate of drug-likeness (QED) is 0.895. The van der Waals surface area contributed by atoms with E-state index in [1.165, 1.54) is 0 Å². The fourth-order valence-electron chi connectivity index (χ4n) is 2.39. The van der Waals surface area contributed by atoms with Gasteiger partial charge in [0.15, 0.2) is 9.84 Å². The average Bonchev–Trinajstić information content (AvgIpc) is 2.58. The Kier molecular flexibility index (Phi) is 3.54. The van der Waals surface area contributed by atoms with Gasteiger partial charge in [0.25, 0.3) is 0 Å². The molecule has 1 N–H and O–H groups in total. The van der Waals surface area contributed by atoms with Gasteiger partial charge in [0.2, 0.25) is 0 Å². The number of aryl methyl sites for hydroxylation is 1. The van der Waals surface area contributed by atoms with Crippen molar-refractivity contribution in [3.63, 3.8) is 0 Å². The van der Waals surface area contributed by atoms with Crippen LogP contribution in [0.5, 0.6) is 0 Å². The standard InChI is InChI=1S/C13H18O3S/c1-10-3-2-4-12(7-10)13(14)8-11-5-6-17(15,16)9-11/h2-4,7,11,13-14H,5-6,8-9H2,1H3. The van der Waals surface area contributed by atoms with Gasteiger partial charge in [-0.15, -0.1) is 0 Å². The Morgan fingerprint density at radius 1 is 1.47 bits per heavy atom. The van der Waals surface area contributed by atoms with Gasteiger partial charge < -0.3 is 5.11 Å². The van der Waals surface area contributed by atoms with Crippen molar-refractivity contribution >= 4 is 9.84 Å². The lowest BCUT2D eigenvalue weighted by molar-refractivity contribution is 0.148. The molecule has 0 aliphatic carbocycles. The summed E-state index contributed by atoms with van der Waals surface area (Å²) < 4.78 is 22.7. The van der Waals surface area contributed by atoms with Crippen molar-refractivity contribution in [1.82, 2.24) is 0 Å². The van der Waals surface area contributed by atoms with E-state index in [0.717, 1.165) is 11.1 Å². The van der Waals surface area contributed by atoms with Crippen LogP contribution >= 0.6 is 0 Å². The molecule has 0 radical (unpaired) electrons. The van der Waals surface area contributed by atoms with Crippen LogP contribution in [0.1, 0.15) is 30.1 Å². The highest BCUT2D eigenvalue weighted by atomic mass is 32.2. The first-order valence-corrected chi connectivity index (χ1v) is 7.73. The van der Waals surface area contributed by atoms with Gasteiger partial charge in [-0.2, -0.15) is 0 Å². The van der Waals surface area contributed by atoms with Crippen LogP contribution in [0.15, 0.2) is 24.3 Å². The van der Waals surface area contributed by atoms with E-state index < -0.39 is 15.9 Å². The van der Waals surface area contributed by atoms with Crippen LogP contribution in [0.3, 0.4) is 0 Å². The van der Waals surface area contributed by atoms with E-state index in [4.69, 9.17) is 0 Å². The first-order chi connectivity index (χ1) is 7.96. The van der Waals surface area contributed by atoms with Gasteiger partial charge in [-0.25, -0.2) is 8.42 Å². The van der Waals surface area contributed by atoms with Gasteiger partial charge in [-0.05, 0) is 31.2 Å². The summed E-state index contributed by atoms with van der Waals surface area (Å²) in [6.07, 6.45) is 0.682. The second-order valence-electron chi connectivity index (χ2n) is 4.93. The molecule has 0 bridgehead atoms. The molecule has 1 aromatic rings. The largest absolute Gasteiger partial charge is 0.388 e. The monoisotopic (exact) mass is 254 g/mol. The highest BCUT2D eigenvalue weighted by Gasteiger charge is 2.29. The summed E-state index contributed by atoms with van der Waals surface area (Å²) in [5.74, 6) is 0.615. The molecule has 2 atom stereocenters. The SMILES string of the molecule is Cc1cccc(C(O)CC2CCS(=O)(=O)C2)c1. The Bertz CT molecular complexity index is 493. The molecular formula is C13H18O3S. The predicted octanol–water partition coefficient (Wildman–Crippen LogP) is 1.85. The third kappa shape index (κ3) is 3.30. The Labute approximate surface area is 102 Å². The molecule has 1 aliphatic rings. The molecular weight excluding hydrogens is 236 g/mol. The van der Waals surface area contributed by atoms with Crippen molar-refractivity contribution in [3.8, 4) is 0 Å². The lowest BCUT2D eigenvalue weighted by atomic mass is 9.96.